The molecule has 0 unspecified atom stereocenters. The highest BCUT2D eigenvalue weighted by Crippen LogP contribution is 2.50. The summed E-state index contributed by atoms with van der Waals surface area (Å²) in [4.78, 5) is 14.5. The molecule has 130 valence electrons. The van der Waals surface area contributed by atoms with Crippen molar-refractivity contribution in [2.75, 3.05) is 14.1 Å². The van der Waals surface area contributed by atoms with Gasteiger partial charge < -0.3 is 4.90 Å². The highest BCUT2D eigenvalue weighted by atomic mass is 35.5. The van der Waals surface area contributed by atoms with E-state index in [0.29, 0.717) is 33.0 Å². The average molecular weight is 456 g/mol. The predicted molar refractivity (Wildman–Crippen MR) is 107 cm³/mol. The second-order valence-electron chi connectivity index (χ2n) is 5.61. The minimum absolute atomic E-state index is 0.161. The van der Waals surface area contributed by atoms with E-state index in [1.807, 2.05) is 0 Å². The zero-order valence-electron chi connectivity index (χ0n) is 12.9. The predicted octanol–water partition coefficient (Wildman–Crippen LogP) is 6.78. The van der Waals surface area contributed by atoms with Crippen molar-refractivity contribution in [2.24, 2.45) is 0 Å². The lowest BCUT2D eigenvalue weighted by Crippen LogP contribution is -2.23. The van der Waals surface area contributed by atoms with E-state index in [0.717, 1.165) is 0 Å². The molecule has 3 rings (SSSR count). The first-order valence-electron chi connectivity index (χ1n) is 6.94. The lowest BCUT2D eigenvalue weighted by molar-refractivity contribution is 0.100. The molecule has 0 saturated carbocycles. The van der Waals surface area contributed by atoms with E-state index in [-0.39, 0.29) is 30.9 Å². The molecule has 1 aromatic carbocycles. The van der Waals surface area contributed by atoms with Crippen LogP contribution in [0.3, 0.4) is 0 Å². The second-order valence-corrected chi connectivity index (χ2v) is 7.94. The lowest BCUT2D eigenvalue weighted by atomic mass is 9.86. The van der Waals surface area contributed by atoms with Crippen LogP contribution in [0.15, 0.2) is 49.6 Å². The number of carbonyl (C=O) groups excluding carboxylic acids is 1. The summed E-state index contributed by atoms with van der Waals surface area (Å²) in [6.07, 6.45) is 1.69. The van der Waals surface area contributed by atoms with E-state index in [1.54, 1.807) is 31.1 Å². The van der Waals surface area contributed by atoms with E-state index < -0.39 is 0 Å². The van der Waals surface area contributed by atoms with E-state index in [2.05, 4.69) is 0 Å². The third-order valence-electron chi connectivity index (χ3n) is 3.88. The van der Waals surface area contributed by atoms with Crippen LogP contribution < -0.4 is 0 Å². The van der Waals surface area contributed by atoms with Gasteiger partial charge in [0.2, 0.25) is 5.78 Å². The normalized spacial score (nSPS) is 17.4. The molecule has 0 radical (unpaired) electrons. The Labute approximate surface area is 174 Å². The van der Waals surface area contributed by atoms with Crippen molar-refractivity contribution in [3.63, 3.8) is 0 Å². The number of fused-ring (bicyclic) bond motifs is 1. The number of nitrogens with zero attached hydrogens (tertiary/aromatic N) is 1. The number of likely N-dealkylation sites (N-methyl/N-ethyl adjacent to an activating group) is 1. The number of hydrogen-bond donors (Lipinski definition) is 0. The van der Waals surface area contributed by atoms with Gasteiger partial charge in [0.15, 0.2) is 0 Å². The summed E-state index contributed by atoms with van der Waals surface area (Å²) in [5.74, 6) is -0.182. The molecule has 0 aromatic heterocycles. The minimum atomic E-state index is -0.182. The van der Waals surface area contributed by atoms with Crippen LogP contribution in [-0.4, -0.2) is 24.8 Å². The molecule has 0 saturated heterocycles. The first-order chi connectivity index (χ1) is 11.6. The van der Waals surface area contributed by atoms with Gasteiger partial charge in [-0.3, -0.25) is 4.79 Å². The third-order valence-corrected chi connectivity index (χ3v) is 6.40. The monoisotopic (exact) mass is 453 g/mol. The molecule has 0 aliphatic heterocycles. The van der Waals surface area contributed by atoms with Crippen molar-refractivity contribution in [1.29, 1.82) is 0 Å². The zero-order valence-corrected chi connectivity index (χ0v) is 17.4. The van der Waals surface area contributed by atoms with Crippen LogP contribution in [0.25, 0.3) is 5.57 Å². The number of benzene rings is 1. The fraction of sp³-hybridized carbons (Fsp3) is 0.118. The number of Topliss-reactive ketones (excluding diaryl/α,β-unsaturated/α-hetero) is 1. The first kappa shape index (κ1) is 19.2. The largest absolute Gasteiger partial charge is 0.374 e. The summed E-state index contributed by atoms with van der Waals surface area (Å²) in [5, 5.41) is 1.34. The van der Waals surface area contributed by atoms with Gasteiger partial charge in [-0.05, 0) is 29.3 Å². The molecule has 1 aromatic rings. The number of carbonyl (C=O) groups is 1. The fourth-order valence-electron chi connectivity index (χ4n) is 2.66. The Morgan fingerprint density at radius 3 is 1.72 bits per heavy atom. The summed E-state index contributed by atoms with van der Waals surface area (Å²) in [7, 11) is 3.52. The van der Waals surface area contributed by atoms with Crippen molar-refractivity contribution >= 4 is 81.0 Å². The summed E-state index contributed by atoms with van der Waals surface area (Å²) in [5.41, 5.74) is 2.45. The Hall–Kier alpha value is -0.610. The van der Waals surface area contributed by atoms with Gasteiger partial charge in [0.05, 0.1) is 35.9 Å². The number of halogens is 6. The average Bonchev–Trinajstić information content (AvgIpc) is 2.74. The molecule has 25 heavy (non-hydrogen) atoms. The highest BCUT2D eigenvalue weighted by Gasteiger charge is 2.33. The molecule has 0 heterocycles. The van der Waals surface area contributed by atoms with Gasteiger partial charge in [-0.1, -0.05) is 69.6 Å². The number of rotatable bonds is 1. The van der Waals surface area contributed by atoms with Crippen LogP contribution in [0.1, 0.15) is 15.9 Å². The van der Waals surface area contributed by atoms with Crippen LogP contribution in [0.2, 0.25) is 10.0 Å². The number of allylic oxidation sites excluding steroid dienone is 8. The van der Waals surface area contributed by atoms with Crippen molar-refractivity contribution in [2.45, 2.75) is 0 Å². The Kier molecular flexibility index (Phi) is 5.25. The van der Waals surface area contributed by atoms with Gasteiger partial charge in [-0.15, -0.1) is 0 Å². The van der Waals surface area contributed by atoms with E-state index in [9.17, 15) is 4.79 Å². The molecule has 2 aliphatic carbocycles. The van der Waals surface area contributed by atoms with Gasteiger partial charge in [0, 0.05) is 25.2 Å². The van der Waals surface area contributed by atoms with Crippen molar-refractivity contribution in [1.82, 2.24) is 4.90 Å². The van der Waals surface area contributed by atoms with E-state index in [1.165, 1.54) is 6.07 Å². The molecule has 0 spiro atoms. The molecule has 0 bridgehead atoms. The molecular weight excluding hydrogens is 447 g/mol. The molecule has 2 nitrogen and oxygen atoms in total. The van der Waals surface area contributed by atoms with Crippen molar-refractivity contribution < 1.29 is 4.79 Å². The SMILES string of the molecule is CN(C)C1=CC(=C2C(Cl)=C(Cl)C(Cl)=C2Cl)c2cc(Cl)c(Cl)cc2C1=O. The van der Waals surface area contributed by atoms with Crippen molar-refractivity contribution in [3.8, 4) is 0 Å². The maximum atomic E-state index is 12.8. The second kappa shape index (κ2) is 6.84. The maximum Gasteiger partial charge on any atom is 0.209 e. The van der Waals surface area contributed by atoms with Crippen molar-refractivity contribution in [3.05, 3.63) is 70.8 Å². The lowest BCUT2D eigenvalue weighted by Gasteiger charge is -2.25. The first-order valence-corrected chi connectivity index (χ1v) is 9.21. The number of ketones is 1. The topological polar surface area (TPSA) is 20.3 Å². The quantitative estimate of drug-likeness (QED) is 0.465. The molecule has 0 atom stereocenters. The summed E-state index contributed by atoms with van der Waals surface area (Å²) in [6, 6.07) is 3.14. The molecule has 2 aliphatic rings. The number of hydrogen-bond acceptors (Lipinski definition) is 2. The smallest absolute Gasteiger partial charge is 0.209 e. The standard InChI is InChI=1S/C17H9Cl6NO/c1-24(2)11-5-7(12-13(20)15(22)16(23)14(12)21)6-3-9(18)10(19)4-8(6)17(11)25/h3-5H,1-2H3. The van der Waals surface area contributed by atoms with E-state index in [4.69, 9.17) is 69.6 Å². The molecule has 8 heteroatoms. The Morgan fingerprint density at radius 1 is 0.760 bits per heavy atom. The summed E-state index contributed by atoms with van der Waals surface area (Å²) in [6.45, 7) is 0. The molecule has 0 amide bonds. The Balaban J connectivity index is 2.43. The van der Waals surface area contributed by atoms with E-state index >= 15 is 0 Å². The van der Waals surface area contributed by atoms with Gasteiger partial charge in [-0.25, -0.2) is 0 Å². The highest BCUT2D eigenvalue weighted by molar-refractivity contribution is 6.55. The van der Waals surface area contributed by atoms with Crippen LogP contribution >= 0.6 is 69.6 Å². The summed E-state index contributed by atoms with van der Waals surface area (Å²) >= 11 is 37.2. The van der Waals surface area contributed by atoms with Crippen LogP contribution in [-0.2, 0) is 0 Å². The zero-order chi connectivity index (χ0) is 18.6. The molecule has 0 N–H and O–H groups in total. The van der Waals surface area contributed by atoms with Crippen LogP contribution in [0, 0.1) is 0 Å². The Morgan fingerprint density at radius 2 is 1.24 bits per heavy atom. The van der Waals surface area contributed by atoms with Crippen LogP contribution in [0.5, 0.6) is 0 Å². The Bertz CT molecular complexity index is 926. The van der Waals surface area contributed by atoms with Gasteiger partial charge in [-0.2, -0.15) is 0 Å². The van der Waals surface area contributed by atoms with Gasteiger partial charge >= 0.3 is 0 Å². The van der Waals surface area contributed by atoms with Crippen LogP contribution in [0.4, 0.5) is 0 Å². The minimum Gasteiger partial charge on any atom is -0.374 e. The molecule has 0 fully saturated rings. The molecular formula is C17H9Cl6NO. The maximum absolute atomic E-state index is 12.8. The third kappa shape index (κ3) is 3.03. The van der Waals surface area contributed by atoms with Gasteiger partial charge in [0.1, 0.15) is 0 Å². The van der Waals surface area contributed by atoms with Gasteiger partial charge in [0.25, 0.3) is 0 Å². The summed E-state index contributed by atoms with van der Waals surface area (Å²) < 4.78 is 0. The fourth-order valence-corrected chi connectivity index (χ4v) is 4.09.